The number of hydrogen-bond donors (Lipinski definition) is 4. The number of nitrogens with zero attached hydrogens (tertiary/aromatic N) is 1. The second-order valence-corrected chi connectivity index (χ2v) is 16.2. The van der Waals surface area contributed by atoms with Gasteiger partial charge in [-0.1, -0.05) is 55.4 Å². The molecule has 7 atom stereocenters. The number of ether oxygens (including phenoxy) is 2. The topological polar surface area (TPSA) is 172 Å². The summed E-state index contributed by atoms with van der Waals surface area (Å²) in [6, 6.07) is -6.06. The number of carbonyl (C=O) groups excluding carboxylic acids is 6. The Balaban J connectivity index is 1.86. The van der Waals surface area contributed by atoms with E-state index in [9.17, 15) is 41.9 Å². The molecule has 2 heterocycles. The lowest BCUT2D eigenvalue weighted by atomic mass is 9.55. The third-order valence-corrected chi connectivity index (χ3v) is 9.71. The van der Waals surface area contributed by atoms with Crippen LogP contribution in [0.3, 0.4) is 0 Å². The van der Waals surface area contributed by atoms with Crippen LogP contribution in [0.15, 0.2) is 0 Å². The van der Waals surface area contributed by atoms with Crippen LogP contribution in [-0.4, -0.2) is 104 Å². The molecule has 0 spiro atoms. The Morgan fingerprint density at radius 3 is 2.02 bits per heavy atom. The fraction of sp³-hybridized carbons (Fsp3) is 0.818. The number of ketones is 1. The minimum atomic E-state index is -4.65. The van der Waals surface area contributed by atoms with Crippen molar-refractivity contribution in [1.29, 1.82) is 0 Å². The van der Waals surface area contributed by atoms with Crippen molar-refractivity contribution in [3.8, 4) is 0 Å². The normalized spacial score (nSPS) is 25.2. The van der Waals surface area contributed by atoms with Gasteiger partial charge in [0.1, 0.15) is 24.2 Å². The average Bonchev–Trinajstić information content (AvgIpc) is 3.60. The van der Waals surface area contributed by atoms with Gasteiger partial charge in [0.05, 0.1) is 19.3 Å². The van der Waals surface area contributed by atoms with Gasteiger partial charge in [-0.15, -0.1) is 0 Å². The molecule has 13 nitrogen and oxygen atoms in total. The molecular weight excluding hydrogens is 651 g/mol. The summed E-state index contributed by atoms with van der Waals surface area (Å²) in [5.74, 6) is -5.04. The number of esters is 1. The molecule has 5 amide bonds. The lowest BCUT2D eigenvalue weighted by molar-refractivity contribution is -0.154. The van der Waals surface area contributed by atoms with Crippen molar-refractivity contribution < 1.29 is 51.4 Å². The van der Waals surface area contributed by atoms with E-state index in [4.69, 9.17) is 9.47 Å². The maximum absolute atomic E-state index is 14.4. The van der Waals surface area contributed by atoms with E-state index in [1.807, 2.05) is 13.8 Å². The molecule has 0 aromatic rings. The monoisotopic (exact) mass is 703 g/mol. The van der Waals surface area contributed by atoms with Crippen LogP contribution in [0.5, 0.6) is 0 Å². The fourth-order valence-electron chi connectivity index (χ4n) is 6.85. The van der Waals surface area contributed by atoms with Gasteiger partial charge >= 0.3 is 18.2 Å². The first kappa shape index (κ1) is 40.0. The zero-order chi connectivity index (χ0) is 37.3. The van der Waals surface area contributed by atoms with Crippen LogP contribution >= 0.6 is 0 Å². The molecule has 1 aliphatic carbocycles. The molecule has 2 saturated heterocycles. The molecule has 2 aliphatic heterocycles. The van der Waals surface area contributed by atoms with Crippen molar-refractivity contribution in [2.24, 2.45) is 28.1 Å². The molecule has 3 rings (SSSR count). The maximum Gasteiger partial charge on any atom is 0.389 e. The number of likely N-dealkylation sites (N-methyl/N-ethyl adjacent to an activating group) is 1. The summed E-state index contributed by atoms with van der Waals surface area (Å²) in [4.78, 5) is 80.9. The number of nitrogens with one attached hydrogen (secondary N) is 4. The summed E-state index contributed by atoms with van der Waals surface area (Å²) in [6.45, 7) is 15.2. The first-order valence-corrected chi connectivity index (χ1v) is 16.7. The van der Waals surface area contributed by atoms with Crippen LogP contribution in [0, 0.1) is 28.1 Å². The Morgan fingerprint density at radius 1 is 0.939 bits per heavy atom. The Kier molecular flexibility index (Phi) is 12.1. The molecule has 1 saturated carbocycles. The van der Waals surface area contributed by atoms with Crippen LogP contribution < -0.4 is 21.3 Å². The van der Waals surface area contributed by atoms with E-state index in [1.54, 1.807) is 41.5 Å². The molecule has 0 aromatic carbocycles. The van der Waals surface area contributed by atoms with Gasteiger partial charge in [-0.05, 0) is 40.9 Å². The van der Waals surface area contributed by atoms with E-state index in [-0.39, 0.29) is 30.4 Å². The summed E-state index contributed by atoms with van der Waals surface area (Å²) in [6.07, 6.45) is -6.32. The molecule has 278 valence electrons. The molecule has 0 radical (unpaired) electrons. The predicted octanol–water partition coefficient (Wildman–Crippen LogP) is 2.46. The van der Waals surface area contributed by atoms with Gasteiger partial charge in [0.2, 0.25) is 17.6 Å². The molecule has 3 fully saturated rings. The highest BCUT2D eigenvalue weighted by molar-refractivity contribution is 6.38. The number of urea groups is 1. The standard InChI is InChI=1S/C33H52F3N5O8/c1-30(2,3)23(39-29(47)40-24(31(4,5)6)28(46)49-17-11-13-48-16-17)27(45)41-15-19-18(14-32(19,7)8)21(41)25(43)38-20(10-12-33(34,35)36)22(42)26(44)37-9/h17-21,23-24H,10-16H2,1-9H3,(H,37,44)(H,38,43)(H2,39,40,47)/t17?,18-,19-,20?,21-,23+,24+/m0/s1. The maximum atomic E-state index is 14.4. The third-order valence-electron chi connectivity index (χ3n) is 9.71. The minimum Gasteiger partial charge on any atom is -0.458 e. The first-order chi connectivity index (χ1) is 22.4. The summed E-state index contributed by atoms with van der Waals surface area (Å²) >= 11 is 0. The fourth-order valence-corrected chi connectivity index (χ4v) is 6.85. The number of alkyl halides is 3. The number of halogens is 3. The van der Waals surface area contributed by atoms with E-state index in [2.05, 4.69) is 21.3 Å². The van der Waals surface area contributed by atoms with Crippen molar-refractivity contribution in [3.63, 3.8) is 0 Å². The molecule has 49 heavy (non-hydrogen) atoms. The molecule has 3 aliphatic rings. The van der Waals surface area contributed by atoms with E-state index < -0.39 is 95.6 Å². The van der Waals surface area contributed by atoms with Crippen LogP contribution in [0.4, 0.5) is 18.0 Å². The Morgan fingerprint density at radius 2 is 1.53 bits per heavy atom. The van der Waals surface area contributed by atoms with E-state index in [1.165, 1.54) is 4.90 Å². The van der Waals surface area contributed by atoms with Gasteiger partial charge in [0.25, 0.3) is 5.91 Å². The Hall–Kier alpha value is -3.43. The quantitative estimate of drug-likeness (QED) is 0.188. The molecule has 0 bridgehead atoms. The van der Waals surface area contributed by atoms with Gasteiger partial charge in [-0.3, -0.25) is 19.2 Å². The average molecular weight is 704 g/mol. The minimum absolute atomic E-state index is 0.126. The summed E-state index contributed by atoms with van der Waals surface area (Å²) in [5.41, 5.74) is -1.94. The smallest absolute Gasteiger partial charge is 0.389 e. The van der Waals surface area contributed by atoms with Crippen LogP contribution in [0.1, 0.15) is 81.1 Å². The number of amides is 5. The van der Waals surface area contributed by atoms with Gasteiger partial charge in [-0.2, -0.15) is 13.2 Å². The third kappa shape index (κ3) is 9.85. The number of likely N-dealkylation sites (tertiary alicyclic amines) is 1. The Bertz CT molecular complexity index is 1290. The number of rotatable bonds is 11. The van der Waals surface area contributed by atoms with Crippen molar-refractivity contribution in [3.05, 3.63) is 0 Å². The zero-order valence-corrected chi connectivity index (χ0v) is 29.8. The van der Waals surface area contributed by atoms with Crippen molar-refractivity contribution in [2.75, 3.05) is 26.8 Å². The van der Waals surface area contributed by atoms with Gasteiger partial charge in [0.15, 0.2) is 0 Å². The number of Topliss-reactive ketones (excluding diaryl/α,β-unsaturated/α-hetero) is 1. The lowest BCUT2D eigenvalue weighted by Gasteiger charge is -2.48. The molecular formula is C33H52F3N5O8. The predicted molar refractivity (Wildman–Crippen MR) is 171 cm³/mol. The first-order valence-electron chi connectivity index (χ1n) is 16.7. The number of fused-ring (bicyclic) bond motifs is 1. The van der Waals surface area contributed by atoms with Crippen LogP contribution in [0.2, 0.25) is 0 Å². The van der Waals surface area contributed by atoms with E-state index in [0.717, 1.165) is 7.05 Å². The van der Waals surface area contributed by atoms with Crippen molar-refractivity contribution >= 4 is 35.5 Å². The largest absolute Gasteiger partial charge is 0.458 e. The van der Waals surface area contributed by atoms with Crippen molar-refractivity contribution in [2.45, 2.75) is 118 Å². The zero-order valence-electron chi connectivity index (χ0n) is 29.8. The second-order valence-electron chi connectivity index (χ2n) is 16.2. The lowest BCUT2D eigenvalue weighted by Crippen LogP contribution is -2.62. The van der Waals surface area contributed by atoms with Crippen molar-refractivity contribution in [1.82, 2.24) is 26.2 Å². The molecule has 16 heteroatoms. The molecule has 0 aromatic heterocycles. The SMILES string of the molecule is CNC(=O)C(=O)C(CCC(F)(F)F)NC(=O)[C@@H]1[C@H]2CC(C)(C)[C@H]2CN1C(=O)[C@@H](NC(=O)N[C@H](C(=O)OC1CCOC1)C(C)(C)C)C(C)(C)C. The summed E-state index contributed by atoms with van der Waals surface area (Å²) in [5, 5.41) is 9.77. The highest BCUT2D eigenvalue weighted by Crippen LogP contribution is 2.57. The highest BCUT2D eigenvalue weighted by atomic mass is 19.4. The van der Waals surface area contributed by atoms with E-state index in [0.29, 0.717) is 19.4 Å². The highest BCUT2D eigenvalue weighted by Gasteiger charge is 2.61. The second kappa shape index (κ2) is 14.8. The summed E-state index contributed by atoms with van der Waals surface area (Å²) in [7, 11) is 1.15. The van der Waals surface area contributed by atoms with E-state index >= 15 is 0 Å². The van der Waals surface area contributed by atoms with Crippen LogP contribution in [0.25, 0.3) is 0 Å². The van der Waals surface area contributed by atoms with Crippen LogP contribution in [-0.2, 0) is 33.4 Å². The number of carbonyl (C=O) groups is 6. The van der Waals surface area contributed by atoms with Gasteiger partial charge in [0, 0.05) is 26.4 Å². The van der Waals surface area contributed by atoms with Gasteiger partial charge < -0.3 is 35.6 Å². The molecule has 2 unspecified atom stereocenters. The van der Waals surface area contributed by atoms with Gasteiger partial charge in [-0.25, -0.2) is 9.59 Å². The number of hydrogen-bond acceptors (Lipinski definition) is 8. The molecule has 4 N–H and O–H groups in total. The Labute approximate surface area is 285 Å². The summed E-state index contributed by atoms with van der Waals surface area (Å²) < 4.78 is 50.2.